The number of aliphatic hydroxyl groups excluding tert-OH is 1. The lowest BCUT2D eigenvalue weighted by Crippen LogP contribution is -2.11. The van der Waals surface area contributed by atoms with Crippen LogP contribution in [0, 0.1) is 6.92 Å². The zero-order valence-corrected chi connectivity index (χ0v) is 11.6. The molecule has 2 rings (SSSR count). The summed E-state index contributed by atoms with van der Waals surface area (Å²) in [4.78, 5) is 0. The first-order valence-corrected chi connectivity index (χ1v) is 6.49. The van der Waals surface area contributed by atoms with Gasteiger partial charge in [-0.1, -0.05) is 12.1 Å². The highest BCUT2D eigenvalue weighted by atomic mass is 16.5. The van der Waals surface area contributed by atoms with Gasteiger partial charge in [-0.2, -0.15) is 5.10 Å². The third kappa shape index (κ3) is 3.58. The Morgan fingerprint density at radius 1 is 1.21 bits per heavy atom. The van der Waals surface area contributed by atoms with Crippen molar-refractivity contribution in [3.8, 4) is 5.75 Å². The Bertz CT molecular complexity index is 517. The second-order valence-corrected chi connectivity index (χ2v) is 4.91. The average Bonchev–Trinajstić information content (AvgIpc) is 2.75. The van der Waals surface area contributed by atoms with E-state index < -0.39 is 6.10 Å². The van der Waals surface area contributed by atoms with Crippen molar-refractivity contribution >= 4 is 0 Å². The molecule has 1 aromatic carbocycles. The van der Waals surface area contributed by atoms with E-state index in [2.05, 4.69) is 5.10 Å². The normalized spacial score (nSPS) is 12.7. The van der Waals surface area contributed by atoms with Crippen molar-refractivity contribution in [3.05, 3.63) is 47.8 Å². The molecule has 4 nitrogen and oxygen atoms in total. The molecule has 102 valence electrons. The number of rotatable bonds is 5. The first-order chi connectivity index (χ1) is 9.06. The van der Waals surface area contributed by atoms with E-state index in [1.807, 2.05) is 51.1 Å². The van der Waals surface area contributed by atoms with Crippen LogP contribution in [0.5, 0.6) is 5.75 Å². The van der Waals surface area contributed by atoms with Crippen LogP contribution in [-0.2, 0) is 6.54 Å². The first-order valence-electron chi connectivity index (χ1n) is 6.49. The van der Waals surface area contributed by atoms with Crippen molar-refractivity contribution in [1.82, 2.24) is 9.78 Å². The highest BCUT2D eigenvalue weighted by molar-refractivity contribution is 5.28. The molecule has 0 spiro atoms. The number of ether oxygens (including phenoxy) is 1. The van der Waals surface area contributed by atoms with E-state index in [9.17, 15) is 5.11 Å². The number of aliphatic hydroxyl groups is 1. The molecule has 0 aliphatic heterocycles. The Labute approximate surface area is 113 Å². The molecule has 0 bridgehead atoms. The van der Waals surface area contributed by atoms with Crippen LogP contribution < -0.4 is 4.74 Å². The van der Waals surface area contributed by atoms with Gasteiger partial charge in [-0.15, -0.1) is 0 Å². The van der Waals surface area contributed by atoms with Gasteiger partial charge in [-0.05, 0) is 44.5 Å². The summed E-state index contributed by atoms with van der Waals surface area (Å²) in [6, 6.07) is 9.47. The Balaban J connectivity index is 2.03. The molecular weight excluding hydrogens is 240 g/mol. The Kier molecular flexibility index (Phi) is 4.22. The molecule has 19 heavy (non-hydrogen) atoms. The monoisotopic (exact) mass is 260 g/mol. The van der Waals surface area contributed by atoms with Crippen LogP contribution in [0.15, 0.2) is 36.5 Å². The van der Waals surface area contributed by atoms with Gasteiger partial charge >= 0.3 is 0 Å². The summed E-state index contributed by atoms with van der Waals surface area (Å²) in [5.74, 6) is 0.821. The molecule has 0 amide bonds. The van der Waals surface area contributed by atoms with E-state index in [4.69, 9.17) is 4.74 Å². The number of aryl methyl sites for hydroxylation is 1. The topological polar surface area (TPSA) is 47.3 Å². The molecule has 0 aliphatic rings. The summed E-state index contributed by atoms with van der Waals surface area (Å²) in [6.07, 6.45) is 1.33. The summed E-state index contributed by atoms with van der Waals surface area (Å²) in [6.45, 7) is 6.41. The fourth-order valence-electron chi connectivity index (χ4n) is 1.90. The molecule has 0 fully saturated rings. The van der Waals surface area contributed by atoms with Crippen molar-refractivity contribution in [1.29, 1.82) is 0 Å². The van der Waals surface area contributed by atoms with Gasteiger partial charge in [-0.25, -0.2) is 0 Å². The van der Waals surface area contributed by atoms with Gasteiger partial charge in [0.15, 0.2) is 0 Å². The third-order valence-electron chi connectivity index (χ3n) is 2.91. The SMILES string of the molecule is Cc1ccnn1CC(O)c1ccc(OC(C)C)cc1. The highest BCUT2D eigenvalue weighted by Gasteiger charge is 2.10. The molecular formula is C15H20N2O2. The van der Waals surface area contributed by atoms with Crippen molar-refractivity contribution in [2.45, 2.75) is 39.5 Å². The number of hydrogen-bond acceptors (Lipinski definition) is 3. The summed E-state index contributed by atoms with van der Waals surface area (Å²) in [7, 11) is 0. The van der Waals surface area contributed by atoms with Crippen LogP contribution in [0.1, 0.15) is 31.2 Å². The zero-order chi connectivity index (χ0) is 13.8. The summed E-state index contributed by atoms with van der Waals surface area (Å²) >= 11 is 0. The zero-order valence-electron chi connectivity index (χ0n) is 11.6. The van der Waals surface area contributed by atoms with Gasteiger partial charge < -0.3 is 9.84 Å². The Morgan fingerprint density at radius 3 is 2.42 bits per heavy atom. The molecule has 1 heterocycles. The average molecular weight is 260 g/mol. The van der Waals surface area contributed by atoms with E-state index in [0.29, 0.717) is 6.54 Å². The summed E-state index contributed by atoms with van der Waals surface area (Å²) < 4.78 is 7.37. The molecule has 0 saturated heterocycles. The fourth-order valence-corrected chi connectivity index (χ4v) is 1.90. The molecule has 0 saturated carbocycles. The van der Waals surface area contributed by atoms with Crippen LogP contribution in [0.25, 0.3) is 0 Å². The highest BCUT2D eigenvalue weighted by Crippen LogP contribution is 2.20. The summed E-state index contributed by atoms with van der Waals surface area (Å²) in [5.41, 5.74) is 1.91. The van der Waals surface area contributed by atoms with E-state index in [1.54, 1.807) is 10.9 Å². The second-order valence-electron chi connectivity index (χ2n) is 4.91. The van der Waals surface area contributed by atoms with E-state index >= 15 is 0 Å². The minimum atomic E-state index is -0.563. The lowest BCUT2D eigenvalue weighted by Gasteiger charge is -2.14. The summed E-state index contributed by atoms with van der Waals surface area (Å²) in [5, 5.41) is 14.4. The minimum Gasteiger partial charge on any atom is -0.491 e. The Morgan fingerprint density at radius 2 is 1.89 bits per heavy atom. The number of aromatic nitrogens is 2. The van der Waals surface area contributed by atoms with Gasteiger partial charge in [-0.3, -0.25) is 4.68 Å². The largest absolute Gasteiger partial charge is 0.491 e. The number of benzene rings is 1. The van der Waals surface area contributed by atoms with Crippen LogP contribution >= 0.6 is 0 Å². The van der Waals surface area contributed by atoms with Gasteiger partial charge in [0.2, 0.25) is 0 Å². The quantitative estimate of drug-likeness (QED) is 0.899. The van der Waals surface area contributed by atoms with Gasteiger partial charge in [0.25, 0.3) is 0 Å². The minimum absolute atomic E-state index is 0.155. The predicted molar refractivity (Wildman–Crippen MR) is 74.1 cm³/mol. The fraction of sp³-hybridized carbons (Fsp3) is 0.400. The number of nitrogens with zero attached hydrogens (tertiary/aromatic N) is 2. The van der Waals surface area contributed by atoms with Gasteiger partial charge in [0.05, 0.1) is 18.8 Å². The Hall–Kier alpha value is -1.81. The third-order valence-corrected chi connectivity index (χ3v) is 2.91. The predicted octanol–water partition coefficient (Wildman–Crippen LogP) is 2.71. The van der Waals surface area contributed by atoms with E-state index in [-0.39, 0.29) is 6.10 Å². The number of hydrogen-bond donors (Lipinski definition) is 1. The molecule has 1 aromatic heterocycles. The molecule has 4 heteroatoms. The molecule has 1 unspecified atom stereocenters. The van der Waals surface area contributed by atoms with Crippen molar-refractivity contribution in [2.75, 3.05) is 0 Å². The van der Waals surface area contributed by atoms with Crippen molar-refractivity contribution in [3.63, 3.8) is 0 Å². The molecule has 0 aliphatic carbocycles. The first kappa shape index (κ1) is 13.6. The maximum atomic E-state index is 10.2. The molecule has 2 aromatic rings. The van der Waals surface area contributed by atoms with Crippen molar-refractivity contribution < 1.29 is 9.84 Å². The van der Waals surface area contributed by atoms with E-state index in [1.165, 1.54) is 0 Å². The lowest BCUT2D eigenvalue weighted by atomic mass is 10.1. The smallest absolute Gasteiger partial charge is 0.119 e. The maximum Gasteiger partial charge on any atom is 0.119 e. The van der Waals surface area contributed by atoms with Crippen LogP contribution in [0.2, 0.25) is 0 Å². The maximum absolute atomic E-state index is 10.2. The standard InChI is InChI=1S/C15H20N2O2/c1-11(2)19-14-6-4-13(5-7-14)15(18)10-17-12(3)8-9-16-17/h4-9,11,15,18H,10H2,1-3H3. The van der Waals surface area contributed by atoms with Gasteiger partial charge in [0, 0.05) is 11.9 Å². The van der Waals surface area contributed by atoms with E-state index in [0.717, 1.165) is 17.0 Å². The lowest BCUT2D eigenvalue weighted by molar-refractivity contribution is 0.150. The van der Waals surface area contributed by atoms with Crippen LogP contribution in [0.4, 0.5) is 0 Å². The molecule has 1 atom stereocenters. The molecule has 0 radical (unpaired) electrons. The van der Waals surface area contributed by atoms with Gasteiger partial charge in [0.1, 0.15) is 5.75 Å². The second kappa shape index (κ2) is 5.89. The van der Waals surface area contributed by atoms with Crippen molar-refractivity contribution in [2.24, 2.45) is 0 Å². The van der Waals surface area contributed by atoms with Crippen LogP contribution in [-0.4, -0.2) is 21.0 Å². The van der Waals surface area contributed by atoms with Crippen LogP contribution in [0.3, 0.4) is 0 Å². The molecule has 1 N–H and O–H groups in total.